The van der Waals surface area contributed by atoms with Gasteiger partial charge in [-0.2, -0.15) is 5.10 Å². The van der Waals surface area contributed by atoms with Crippen LogP contribution in [0.25, 0.3) is 0 Å². The van der Waals surface area contributed by atoms with Gasteiger partial charge in [0.2, 0.25) is 0 Å². The predicted octanol–water partition coefficient (Wildman–Crippen LogP) is 4.59. The Balaban J connectivity index is 0.00000127. The molecule has 0 saturated heterocycles. The molecule has 5 nitrogen and oxygen atoms in total. The van der Waals surface area contributed by atoms with Crippen LogP contribution in [0.4, 0.5) is 4.79 Å². The SMILES string of the molecule is CC.Cc1c2c(nn1SCCCCl)CN(C(=O)OC(C)(C)C)C2. The van der Waals surface area contributed by atoms with E-state index in [2.05, 4.69) is 5.10 Å². The molecule has 0 spiro atoms. The highest BCUT2D eigenvalue weighted by molar-refractivity contribution is 7.97. The first-order valence-electron chi connectivity index (χ1n) is 8.06. The molecule has 1 aliphatic rings. The Morgan fingerprint density at radius 1 is 1.35 bits per heavy atom. The molecule has 0 bridgehead atoms. The molecule has 0 atom stereocenters. The summed E-state index contributed by atoms with van der Waals surface area (Å²) in [6.45, 7) is 12.8. The number of ether oxygens (including phenoxy) is 1. The van der Waals surface area contributed by atoms with E-state index in [0.717, 1.165) is 29.1 Å². The molecule has 0 fully saturated rings. The maximum atomic E-state index is 12.1. The zero-order valence-corrected chi connectivity index (χ0v) is 16.6. The van der Waals surface area contributed by atoms with E-state index in [1.165, 1.54) is 0 Å². The second-order valence-electron chi connectivity index (χ2n) is 6.10. The second kappa shape index (κ2) is 8.83. The van der Waals surface area contributed by atoms with Crippen molar-refractivity contribution < 1.29 is 9.53 Å². The van der Waals surface area contributed by atoms with Crippen molar-refractivity contribution in [2.24, 2.45) is 0 Å². The molecule has 2 rings (SSSR count). The van der Waals surface area contributed by atoms with Gasteiger partial charge in [-0.25, -0.2) is 8.88 Å². The fraction of sp³-hybridized carbons (Fsp3) is 0.750. The van der Waals surface area contributed by atoms with Crippen LogP contribution >= 0.6 is 23.5 Å². The number of amides is 1. The molecule has 0 aliphatic carbocycles. The van der Waals surface area contributed by atoms with E-state index in [9.17, 15) is 4.79 Å². The minimum atomic E-state index is -0.469. The molecule has 132 valence electrons. The number of hydrogen-bond donors (Lipinski definition) is 0. The third kappa shape index (κ3) is 5.60. The second-order valence-corrected chi connectivity index (χ2v) is 7.49. The van der Waals surface area contributed by atoms with Crippen LogP contribution in [-0.4, -0.2) is 37.4 Å². The monoisotopic (exact) mass is 361 g/mol. The normalized spacial score (nSPS) is 13.4. The Bertz CT molecular complexity index is 526. The van der Waals surface area contributed by atoms with E-state index in [0.29, 0.717) is 19.0 Å². The molecule has 1 amide bonds. The highest BCUT2D eigenvalue weighted by Crippen LogP contribution is 2.28. The largest absolute Gasteiger partial charge is 0.444 e. The van der Waals surface area contributed by atoms with Gasteiger partial charge in [0.25, 0.3) is 0 Å². The molecule has 0 aromatic carbocycles. The van der Waals surface area contributed by atoms with Gasteiger partial charge in [-0.3, -0.25) is 4.90 Å². The maximum Gasteiger partial charge on any atom is 0.410 e. The number of carbonyl (C=O) groups excluding carboxylic acids is 1. The Kier molecular flexibility index (Phi) is 7.74. The summed E-state index contributed by atoms with van der Waals surface area (Å²) in [6.07, 6.45) is 0.682. The lowest BCUT2D eigenvalue weighted by Gasteiger charge is -2.24. The number of halogens is 1. The standard InChI is InChI=1S/C14H22ClN3O2S.C2H6/c1-10-11-8-17(13(19)20-14(2,3)4)9-12(11)16-18(10)21-7-5-6-15;1-2/h5-9H2,1-4H3;1-2H3. The van der Waals surface area contributed by atoms with Gasteiger partial charge in [0.1, 0.15) is 5.60 Å². The van der Waals surface area contributed by atoms with Crippen molar-refractivity contribution in [3.05, 3.63) is 17.0 Å². The fourth-order valence-electron chi connectivity index (χ4n) is 2.12. The number of carbonyl (C=O) groups is 1. The van der Waals surface area contributed by atoms with Gasteiger partial charge >= 0.3 is 6.09 Å². The zero-order chi connectivity index (χ0) is 17.6. The minimum Gasteiger partial charge on any atom is -0.444 e. The highest BCUT2D eigenvalue weighted by Gasteiger charge is 2.31. The van der Waals surface area contributed by atoms with Gasteiger partial charge in [0, 0.05) is 17.2 Å². The number of hydrogen-bond acceptors (Lipinski definition) is 4. The molecule has 1 aromatic heterocycles. The van der Waals surface area contributed by atoms with Crippen molar-refractivity contribution in [3.8, 4) is 0 Å². The molecular weight excluding hydrogens is 334 g/mol. The Hall–Kier alpha value is -0.880. The van der Waals surface area contributed by atoms with Crippen LogP contribution in [0, 0.1) is 6.92 Å². The van der Waals surface area contributed by atoms with Gasteiger partial charge in [-0.05, 0) is 46.1 Å². The van der Waals surface area contributed by atoms with Crippen molar-refractivity contribution in [1.29, 1.82) is 0 Å². The number of rotatable bonds is 4. The Morgan fingerprint density at radius 2 is 2.00 bits per heavy atom. The molecule has 0 unspecified atom stereocenters. The number of aromatic nitrogens is 2. The average molecular weight is 362 g/mol. The average Bonchev–Trinajstić information content (AvgIpc) is 3.01. The first kappa shape index (κ1) is 20.2. The fourth-order valence-corrected chi connectivity index (χ4v) is 3.31. The van der Waals surface area contributed by atoms with Crippen molar-refractivity contribution in [2.45, 2.75) is 66.7 Å². The van der Waals surface area contributed by atoms with Gasteiger partial charge in [0.15, 0.2) is 0 Å². The van der Waals surface area contributed by atoms with Crippen LogP contribution in [0.3, 0.4) is 0 Å². The summed E-state index contributed by atoms with van der Waals surface area (Å²) in [5, 5.41) is 4.58. The van der Waals surface area contributed by atoms with E-state index in [-0.39, 0.29) is 6.09 Å². The summed E-state index contributed by atoms with van der Waals surface area (Å²) in [4.78, 5) is 13.8. The van der Waals surface area contributed by atoms with Crippen LogP contribution in [0.5, 0.6) is 0 Å². The summed E-state index contributed by atoms with van der Waals surface area (Å²) in [6, 6.07) is 0. The number of fused-ring (bicyclic) bond motifs is 1. The summed E-state index contributed by atoms with van der Waals surface area (Å²) in [5.41, 5.74) is 2.75. The van der Waals surface area contributed by atoms with Crippen LogP contribution in [-0.2, 0) is 17.8 Å². The van der Waals surface area contributed by atoms with Gasteiger partial charge < -0.3 is 4.74 Å². The van der Waals surface area contributed by atoms with Crippen LogP contribution < -0.4 is 0 Å². The molecule has 1 aromatic rings. The quantitative estimate of drug-likeness (QED) is 0.581. The van der Waals surface area contributed by atoms with Crippen molar-refractivity contribution >= 4 is 29.6 Å². The topological polar surface area (TPSA) is 47.4 Å². The molecule has 0 saturated carbocycles. The lowest BCUT2D eigenvalue weighted by molar-refractivity contribution is 0.0239. The number of nitrogens with zero attached hydrogens (tertiary/aromatic N) is 3. The van der Waals surface area contributed by atoms with Gasteiger partial charge in [-0.1, -0.05) is 13.8 Å². The third-order valence-corrected chi connectivity index (χ3v) is 4.45. The summed E-state index contributed by atoms with van der Waals surface area (Å²) >= 11 is 7.35. The number of alkyl halides is 1. The Labute approximate surface area is 148 Å². The molecular formula is C16H28ClN3O2S. The summed E-state index contributed by atoms with van der Waals surface area (Å²) in [5.74, 6) is 1.61. The first-order valence-corrected chi connectivity index (χ1v) is 9.54. The molecule has 0 radical (unpaired) electrons. The first-order chi connectivity index (χ1) is 10.8. The van der Waals surface area contributed by atoms with Crippen molar-refractivity contribution in [2.75, 3.05) is 11.6 Å². The Morgan fingerprint density at radius 3 is 2.52 bits per heavy atom. The maximum absolute atomic E-state index is 12.1. The summed E-state index contributed by atoms with van der Waals surface area (Å²) in [7, 11) is 0. The van der Waals surface area contributed by atoms with Crippen LogP contribution in [0.1, 0.15) is 58.0 Å². The zero-order valence-electron chi connectivity index (χ0n) is 15.0. The van der Waals surface area contributed by atoms with E-state index in [1.54, 1.807) is 16.8 Å². The lowest BCUT2D eigenvalue weighted by atomic mass is 10.2. The smallest absolute Gasteiger partial charge is 0.410 e. The molecule has 1 aliphatic heterocycles. The van der Waals surface area contributed by atoms with E-state index < -0.39 is 5.60 Å². The predicted molar refractivity (Wildman–Crippen MR) is 97.0 cm³/mol. The van der Waals surface area contributed by atoms with Gasteiger partial charge in [-0.15, -0.1) is 11.6 Å². The van der Waals surface area contributed by atoms with Gasteiger partial charge in [0.05, 0.1) is 24.5 Å². The molecule has 7 heteroatoms. The highest BCUT2D eigenvalue weighted by atomic mass is 35.5. The van der Waals surface area contributed by atoms with E-state index in [1.807, 2.05) is 45.6 Å². The molecule has 23 heavy (non-hydrogen) atoms. The lowest BCUT2D eigenvalue weighted by Crippen LogP contribution is -2.33. The molecule has 2 heterocycles. The summed E-state index contributed by atoms with van der Waals surface area (Å²) < 4.78 is 7.35. The minimum absolute atomic E-state index is 0.277. The van der Waals surface area contributed by atoms with Crippen molar-refractivity contribution in [1.82, 2.24) is 14.1 Å². The van der Waals surface area contributed by atoms with E-state index >= 15 is 0 Å². The van der Waals surface area contributed by atoms with Crippen LogP contribution in [0.15, 0.2) is 0 Å². The van der Waals surface area contributed by atoms with E-state index in [4.69, 9.17) is 16.3 Å². The molecule has 0 N–H and O–H groups in total. The van der Waals surface area contributed by atoms with Crippen molar-refractivity contribution in [3.63, 3.8) is 0 Å². The van der Waals surface area contributed by atoms with Crippen LogP contribution in [0.2, 0.25) is 0 Å². The third-order valence-electron chi connectivity index (χ3n) is 3.12.